The Morgan fingerprint density at radius 3 is 2.86 bits per heavy atom. The first kappa shape index (κ1) is 15.8. The Morgan fingerprint density at radius 2 is 2.14 bits per heavy atom. The molecule has 0 radical (unpaired) electrons. The SMILES string of the molecule is CCOC1COC2(CCN(Cc3cccc(OC)c3)CC2)C1. The molecule has 3 rings (SSSR count). The van der Waals surface area contributed by atoms with E-state index < -0.39 is 0 Å². The minimum Gasteiger partial charge on any atom is -0.497 e. The van der Waals surface area contributed by atoms with Crippen LogP contribution in [0.4, 0.5) is 0 Å². The highest BCUT2D eigenvalue weighted by Gasteiger charge is 2.42. The minimum atomic E-state index is 0.0741. The predicted octanol–water partition coefficient (Wildman–Crippen LogP) is 2.86. The van der Waals surface area contributed by atoms with Crippen molar-refractivity contribution in [2.45, 2.75) is 44.4 Å². The van der Waals surface area contributed by atoms with Crippen LogP contribution < -0.4 is 4.74 Å². The van der Waals surface area contributed by atoms with E-state index in [0.717, 1.165) is 57.9 Å². The first-order chi connectivity index (χ1) is 10.7. The van der Waals surface area contributed by atoms with Crippen molar-refractivity contribution in [3.8, 4) is 5.75 Å². The molecular weight excluding hydrogens is 278 g/mol. The van der Waals surface area contributed by atoms with E-state index in [0.29, 0.717) is 6.10 Å². The lowest BCUT2D eigenvalue weighted by Gasteiger charge is -2.38. The van der Waals surface area contributed by atoms with Gasteiger partial charge in [0.2, 0.25) is 0 Å². The predicted molar refractivity (Wildman–Crippen MR) is 86.2 cm³/mol. The monoisotopic (exact) mass is 305 g/mol. The fraction of sp³-hybridized carbons (Fsp3) is 0.667. The van der Waals surface area contributed by atoms with E-state index in [1.807, 2.05) is 6.07 Å². The van der Waals surface area contributed by atoms with Crippen molar-refractivity contribution in [2.75, 3.05) is 33.4 Å². The van der Waals surface area contributed by atoms with Gasteiger partial charge in [-0.05, 0) is 37.5 Å². The second-order valence-electron chi connectivity index (χ2n) is 6.40. The fourth-order valence-corrected chi connectivity index (χ4v) is 3.64. The van der Waals surface area contributed by atoms with Gasteiger partial charge in [0.1, 0.15) is 5.75 Å². The second kappa shape index (κ2) is 6.99. The Morgan fingerprint density at radius 1 is 1.32 bits per heavy atom. The number of likely N-dealkylation sites (tertiary alicyclic amines) is 1. The van der Waals surface area contributed by atoms with E-state index in [2.05, 4.69) is 30.0 Å². The molecule has 2 fully saturated rings. The third-order valence-electron chi connectivity index (χ3n) is 4.89. The van der Waals surface area contributed by atoms with Crippen LogP contribution in [-0.2, 0) is 16.0 Å². The summed E-state index contributed by atoms with van der Waals surface area (Å²) in [6, 6.07) is 8.35. The Bertz CT molecular complexity index is 483. The van der Waals surface area contributed by atoms with Crippen LogP contribution in [-0.4, -0.2) is 50.0 Å². The van der Waals surface area contributed by atoms with Crippen LogP contribution in [0.15, 0.2) is 24.3 Å². The molecule has 122 valence electrons. The normalized spacial score (nSPS) is 24.7. The van der Waals surface area contributed by atoms with Crippen molar-refractivity contribution in [3.05, 3.63) is 29.8 Å². The maximum Gasteiger partial charge on any atom is 0.119 e. The maximum atomic E-state index is 6.11. The van der Waals surface area contributed by atoms with E-state index in [1.54, 1.807) is 7.11 Å². The van der Waals surface area contributed by atoms with Gasteiger partial charge in [0.25, 0.3) is 0 Å². The van der Waals surface area contributed by atoms with E-state index in [-0.39, 0.29) is 5.60 Å². The molecule has 1 unspecified atom stereocenters. The molecule has 2 aliphatic rings. The third-order valence-corrected chi connectivity index (χ3v) is 4.89. The summed E-state index contributed by atoms with van der Waals surface area (Å²) < 4.78 is 17.1. The fourth-order valence-electron chi connectivity index (χ4n) is 3.64. The molecule has 2 heterocycles. The average molecular weight is 305 g/mol. The summed E-state index contributed by atoms with van der Waals surface area (Å²) in [4.78, 5) is 2.51. The summed E-state index contributed by atoms with van der Waals surface area (Å²) in [5.74, 6) is 0.935. The molecule has 0 aromatic heterocycles. The maximum absolute atomic E-state index is 6.11. The Balaban J connectivity index is 1.51. The summed E-state index contributed by atoms with van der Waals surface area (Å²) >= 11 is 0. The molecule has 0 N–H and O–H groups in total. The molecule has 4 nitrogen and oxygen atoms in total. The number of nitrogens with zero attached hydrogens (tertiary/aromatic N) is 1. The van der Waals surface area contributed by atoms with Gasteiger partial charge in [-0.15, -0.1) is 0 Å². The van der Waals surface area contributed by atoms with Crippen molar-refractivity contribution in [1.82, 2.24) is 4.90 Å². The molecule has 4 heteroatoms. The number of piperidine rings is 1. The number of benzene rings is 1. The zero-order valence-corrected chi connectivity index (χ0v) is 13.7. The van der Waals surface area contributed by atoms with Crippen LogP contribution in [0.1, 0.15) is 31.7 Å². The molecule has 22 heavy (non-hydrogen) atoms. The molecule has 1 spiro atoms. The van der Waals surface area contributed by atoms with Crippen LogP contribution in [0, 0.1) is 0 Å². The lowest BCUT2D eigenvalue weighted by atomic mass is 9.88. The van der Waals surface area contributed by atoms with Crippen LogP contribution in [0.25, 0.3) is 0 Å². The molecule has 0 bridgehead atoms. The number of hydrogen-bond donors (Lipinski definition) is 0. The van der Waals surface area contributed by atoms with Crippen molar-refractivity contribution in [1.29, 1.82) is 0 Å². The van der Waals surface area contributed by atoms with Crippen molar-refractivity contribution < 1.29 is 14.2 Å². The summed E-state index contributed by atoms with van der Waals surface area (Å²) in [5.41, 5.74) is 1.39. The first-order valence-corrected chi connectivity index (χ1v) is 8.34. The standard InChI is InChI=1S/C18H27NO3/c1-3-21-17-12-18(22-14-17)7-9-19(10-8-18)13-15-5-4-6-16(11-15)20-2/h4-6,11,17H,3,7-10,12-14H2,1-2H3. The van der Waals surface area contributed by atoms with Gasteiger partial charge in [0.15, 0.2) is 0 Å². The smallest absolute Gasteiger partial charge is 0.119 e. The van der Waals surface area contributed by atoms with Gasteiger partial charge >= 0.3 is 0 Å². The molecule has 2 saturated heterocycles. The second-order valence-corrected chi connectivity index (χ2v) is 6.40. The van der Waals surface area contributed by atoms with Crippen LogP contribution in [0.3, 0.4) is 0 Å². The summed E-state index contributed by atoms with van der Waals surface area (Å²) in [6.45, 7) is 6.78. The van der Waals surface area contributed by atoms with E-state index in [4.69, 9.17) is 14.2 Å². The third kappa shape index (κ3) is 3.62. The summed E-state index contributed by atoms with van der Waals surface area (Å²) in [7, 11) is 1.72. The lowest BCUT2D eigenvalue weighted by Crippen LogP contribution is -2.43. The summed E-state index contributed by atoms with van der Waals surface area (Å²) in [6.07, 6.45) is 3.59. The van der Waals surface area contributed by atoms with Crippen molar-refractivity contribution in [3.63, 3.8) is 0 Å². The van der Waals surface area contributed by atoms with Gasteiger partial charge in [-0.25, -0.2) is 0 Å². The molecule has 0 saturated carbocycles. The summed E-state index contributed by atoms with van der Waals surface area (Å²) in [5, 5.41) is 0. The molecule has 2 aliphatic heterocycles. The topological polar surface area (TPSA) is 30.9 Å². The number of rotatable bonds is 5. The molecular formula is C18H27NO3. The highest BCUT2D eigenvalue weighted by atomic mass is 16.6. The number of ether oxygens (including phenoxy) is 3. The van der Waals surface area contributed by atoms with Gasteiger partial charge in [-0.1, -0.05) is 12.1 Å². The molecule has 1 aromatic rings. The van der Waals surface area contributed by atoms with Crippen molar-refractivity contribution in [2.24, 2.45) is 0 Å². The van der Waals surface area contributed by atoms with E-state index >= 15 is 0 Å². The highest BCUT2D eigenvalue weighted by Crippen LogP contribution is 2.37. The highest BCUT2D eigenvalue weighted by molar-refractivity contribution is 5.28. The Kier molecular flexibility index (Phi) is 5.01. The van der Waals surface area contributed by atoms with Gasteiger partial charge in [0.05, 0.1) is 25.4 Å². The van der Waals surface area contributed by atoms with Crippen LogP contribution in [0.2, 0.25) is 0 Å². The van der Waals surface area contributed by atoms with Gasteiger partial charge in [-0.3, -0.25) is 4.90 Å². The quantitative estimate of drug-likeness (QED) is 0.837. The molecule has 1 atom stereocenters. The number of hydrogen-bond acceptors (Lipinski definition) is 4. The average Bonchev–Trinajstić information content (AvgIpc) is 2.93. The molecule has 0 aliphatic carbocycles. The first-order valence-electron chi connectivity index (χ1n) is 8.34. The zero-order chi connectivity index (χ0) is 15.4. The zero-order valence-electron chi connectivity index (χ0n) is 13.7. The Hall–Kier alpha value is -1.10. The molecule has 1 aromatic carbocycles. The van der Waals surface area contributed by atoms with Crippen LogP contribution in [0.5, 0.6) is 5.75 Å². The van der Waals surface area contributed by atoms with Crippen LogP contribution >= 0.6 is 0 Å². The minimum absolute atomic E-state index is 0.0741. The van der Waals surface area contributed by atoms with E-state index in [9.17, 15) is 0 Å². The van der Waals surface area contributed by atoms with Gasteiger partial charge < -0.3 is 14.2 Å². The van der Waals surface area contributed by atoms with E-state index in [1.165, 1.54) is 5.56 Å². The molecule has 0 amide bonds. The number of methoxy groups -OCH3 is 1. The lowest BCUT2D eigenvalue weighted by molar-refractivity contribution is -0.0464. The van der Waals surface area contributed by atoms with Crippen molar-refractivity contribution >= 4 is 0 Å². The van der Waals surface area contributed by atoms with Gasteiger partial charge in [0, 0.05) is 32.7 Å². The largest absolute Gasteiger partial charge is 0.497 e. The van der Waals surface area contributed by atoms with Gasteiger partial charge in [-0.2, -0.15) is 0 Å². The Labute approximate surface area is 133 Å².